The predicted octanol–water partition coefficient (Wildman–Crippen LogP) is 2.32. The van der Waals surface area contributed by atoms with E-state index in [2.05, 4.69) is 15.7 Å². The fourth-order valence-corrected chi connectivity index (χ4v) is 4.31. The number of piperidine rings is 1. The highest BCUT2D eigenvalue weighted by Gasteiger charge is 2.43. The third-order valence-electron chi connectivity index (χ3n) is 5.70. The van der Waals surface area contributed by atoms with Gasteiger partial charge in [0.05, 0.1) is 18.4 Å². The Morgan fingerprint density at radius 2 is 2.14 bits per heavy atom. The molecular weight excluding hydrogens is 390 g/mol. The summed E-state index contributed by atoms with van der Waals surface area (Å²) in [5, 5.41) is 11.3. The quantitative estimate of drug-likeness (QED) is 0.449. The number of amides is 1. The Balaban J connectivity index is 1.42. The van der Waals surface area contributed by atoms with E-state index in [4.69, 9.17) is 5.73 Å². The molecule has 0 radical (unpaired) electrons. The second kappa shape index (κ2) is 7.42. The summed E-state index contributed by atoms with van der Waals surface area (Å²) >= 11 is 0. The minimum Gasteiger partial charge on any atom is -0.339 e. The van der Waals surface area contributed by atoms with Crippen molar-refractivity contribution in [2.24, 2.45) is 11.7 Å². The minimum atomic E-state index is -4.62. The number of benzene rings is 1. The number of nitrogens with one attached hydrogen (secondary N) is 3. The largest absolute Gasteiger partial charge is 0.433 e. The van der Waals surface area contributed by atoms with Gasteiger partial charge in [0.1, 0.15) is 11.5 Å². The molecule has 2 heterocycles. The van der Waals surface area contributed by atoms with E-state index in [9.17, 15) is 22.4 Å². The molecule has 1 aliphatic carbocycles. The molecule has 156 valence electrons. The zero-order valence-electron chi connectivity index (χ0n) is 15.4. The molecule has 1 aromatic heterocycles. The average molecular weight is 411 g/mol. The van der Waals surface area contributed by atoms with Gasteiger partial charge in [0, 0.05) is 18.0 Å². The van der Waals surface area contributed by atoms with E-state index in [0.717, 1.165) is 31.5 Å². The van der Waals surface area contributed by atoms with Crippen LogP contribution in [0.2, 0.25) is 0 Å². The van der Waals surface area contributed by atoms with Crippen molar-refractivity contribution >= 4 is 5.91 Å². The van der Waals surface area contributed by atoms with Crippen molar-refractivity contribution in [2.75, 3.05) is 0 Å². The summed E-state index contributed by atoms with van der Waals surface area (Å²) in [4.78, 5) is 12.4. The molecule has 4 atom stereocenters. The minimum absolute atomic E-state index is 0.0240. The van der Waals surface area contributed by atoms with Gasteiger partial charge in [0.15, 0.2) is 0 Å². The van der Waals surface area contributed by atoms with Gasteiger partial charge >= 0.3 is 6.18 Å². The number of hydrogen-bond acceptors (Lipinski definition) is 4. The Morgan fingerprint density at radius 3 is 2.76 bits per heavy atom. The van der Waals surface area contributed by atoms with Crippen LogP contribution in [0.1, 0.15) is 30.5 Å². The number of nitrogens with two attached hydrogens (primary N) is 1. The van der Waals surface area contributed by atoms with Crippen LogP contribution in [0.15, 0.2) is 24.4 Å². The Hall–Kier alpha value is -2.46. The lowest BCUT2D eigenvalue weighted by Crippen LogP contribution is -2.53. The highest BCUT2D eigenvalue weighted by Crippen LogP contribution is 2.36. The first-order valence-electron chi connectivity index (χ1n) is 9.43. The first kappa shape index (κ1) is 19.8. The molecular formula is C19H21F4N5O. The van der Waals surface area contributed by atoms with E-state index in [0.29, 0.717) is 12.0 Å². The van der Waals surface area contributed by atoms with Crippen LogP contribution in [0.3, 0.4) is 0 Å². The Kier molecular flexibility index (Phi) is 5.07. The Labute approximate surface area is 164 Å². The first-order chi connectivity index (χ1) is 13.7. The number of fused-ring (bicyclic) bond motifs is 2. The molecule has 29 heavy (non-hydrogen) atoms. The lowest BCUT2D eigenvalue weighted by atomic mass is 9.99. The first-order valence-corrected chi connectivity index (χ1v) is 9.43. The molecule has 1 amide bonds. The van der Waals surface area contributed by atoms with Gasteiger partial charge in [-0.05, 0) is 42.4 Å². The predicted molar refractivity (Wildman–Crippen MR) is 96.9 cm³/mol. The Morgan fingerprint density at radius 1 is 1.34 bits per heavy atom. The third-order valence-corrected chi connectivity index (χ3v) is 5.70. The van der Waals surface area contributed by atoms with Crippen molar-refractivity contribution in [3.05, 3.63) is 41.5 Å². The highest BCUT2D eigenvalue weighted by molar-refractivity contribution is 5.83. The van der Waals surface area contributed by atoms with E-state index in [1.54, 1.807) is 0 Å². The molecule has 1 aromatic carbocycles. The molecule has 2 aliphatic rings. The lowest BCUT2D eigenvalue weighted by molar-refractivity contribution is -0.140. The Bertz CT molecular complexity index is 912. The number of halogens is 4. The normalized spacial score (nSPS) is 24.7. The second-order valence-electron chi connectivity index (χ2n) is 7.70. The zero-order valence-corrected chi connectivity index (χ0v) is 15.4. The van der Waals surface area contributed by atoms with Gasteiger partial charge in [-0.15, -0.1) is 0 Å². The van der Waals surface area contributed by atoms with Crippen LogP contribution in [-0.4, -0.2) is 34.4 Å². The molecule has 1 saturated heterocycles. The van der Waals surface area contributed by atoms with Crippen molar-refractivity contribution in [3.63, 3.8) is 0 Å². The van der Waals surface area contributed by atoms with E-state index in [1.807, 2.05) is 5.10 Å². The number of nitrogens with zero attached hydrogens (tertiary/aromatic N) is 1. The number of alkyl halides is 3. The number of hydrogen-bond donors (Lipinski definition) is 4. The number of aromatic nitrogens is 2. The van der Waals surface area contributed by atoms with Gasteiger partial charge in [-0.25, -0.2) is 4.39 Å². The number of carbonyl (C=O) groups excluding carboxylic acids is 1. The summed E-state index contributed by atoms with van der Waals surface area (Å²) in [5.41, 5.74) is 4.96. The van der Waals surface area contributed by atoms with Crippen molar-refractivity contribution in [1.29, 1.82) is 0 Å². The maximum atomic E-state index is 14.5. The summed E-state index contributed by atoms with van der Waals surface area (Å²) in [6.07, 6.45) is -1.33. The van der Waals surface area contributed by atoms with E-state index < -0.39 is 23.9 Å². The van der Waals surface area contributed by atoms with Crippen LogP contribution in [0.4, 0.5) is 17.6 Å². The van der Waals surface area contributed by atoms with Crippen molar-refractivity contribution < 1.29 is 22.4 Å². The summed E-state index contributed by atoms with van der Waals surface area (Å²) in [5.74, 6) is -0.587. The zero-order chi connectivity index (χ0) is 20.8. The molecule has 2 bridgehead atoms. The van der Waals surface area contributed by atoms with Gasteiger partial charge in [-0.2, -0.15) is 18.3 Å². The van der Waals surface area contributed by atoms with Crippen LogP contribution in [0.25, 0.3) is 11.1 Å². The maximum absolute atomic E-state index is 14.5. The van der Waals surface area contributed by atoms with Crippen LogP contribution >= 0.6 is 0 Å². The fraction of sp³-hybridized carbons (Fsp3) is 0.474. The molecule has 2 aromatic rings. The number of H-pyrrole nitrogens is 1. The molecule has 1 aliphatic heterocycles. The van der Waals surface area contributed by atoms with Crippen LogP contribution < -0.4 is 16.4 Å². The summed E-state index contributed by atoms with van der Waals surface area (Å²) < 4.78 is 53.5. The maximum Gasteiger partial charge on any atom is 0.433 e. The van der Waals surface area contributed by atoms with Gasteiger partial charge < -0.3 is 16.4 Å². The highest BCUT2D eigenvalue weighted by atomic mass is 19.4. The van der Waals surface area contributed by atoms with Crippen molar-refractivity contribution in [3.8, 4) is 11.1 Å². The van der Waals surface area contributed by atoms with Gasteiger partial charge in [-0.1, -0.05) is 12.1 Å². The second-order valence-corrected chi connectivity index (χ2v) is 7.70. The van der Waals surface area contributed by atoms with Gasteiger partial charge in [0.25, 0.3) is 0 Å². The monoisotopic (exact) mass is 411 g/mol. The van der Waals surface area contributed by atoms with Gasteiger partial charge in [0.2, 0.25) is 5.91 Å². The molecule has 1 saturated carbocycles. The molecule has 0 spiro atoms. The number of rotatable bonds is 5. The molecule has 10 heteroatoms. The van der Waals surface area contributed by atoms with Crippen molar-refractivity contribution in [1.82, 2.24) is 20.8 Å². The van der Waals surface area contributed by atoms with Crippen LogP contribution in [0, 0.1) is 11.7 Å². The van der Waals surface area contributed by atoms with E-state index >= 15 is 0 Å². The topological polar surface area (TPSA) is 95.8 Å². The fourth-order valence-electron chi connectivity index (χ4n) is 4.31. The van der Waals surface area contributed by atoms with Crippen LogP contribution in [0.5, 0.6) is 0 Å². The molecule has 6 nitrogen and oxygen atoms in total. The number of carbonyl (C=O) groups is 1. The molecule has 2 fully saturated rings. The smallest absolute Gasteiger partial charge is 0.339 e. The van der Waals surface area contributed by atoms with Crippen LogP contribution in [-0.2, 0) is 17.4 Å². The molecule has 5 N–H and O–H groups in total. The number of aromatic amines is 1. The van der Waals surface area contributed by atoms with Gasteiger partial charge in [-0.3, -0.25) is 9.89 Å². The standard InChI is InChI=1S/C19H21F4N5O/c20-14-6-9(13-8-25-28-17(13)19(21,22)23)1-2-10(14)7-15(24)27-18(29)16-11-3-4-12(5-11)26-16/h1-2,6,8,11-12,15-16,26H,3-5,7,24H2,(H,25,28)(H,27,29). The van der Waals surface area contributed by atoms with E-state index in [1.165, 1.54) is 12.1 Å². The summed E-state index contributed by atoms with van der Waals surface area (Å²) in [6.45, 7) is 0. The molecule has 4 unspecified atom stereocenters. The summed E-state index contributed by atoms with van der Waals surface area (Å²) in [6, 6.07) is 3.88. The SMILES string of the molecule is NC(Cc1ccc(-c2cn[nH]c2C(F)(F)F)cc1F)NC(=O)C1NC2CCC1C2. The lowest BCUT2D eigenvalue weighted by Gasteiger charge is -2.24. The van der Waals surface area contributed by atoms with E-state index in [-0.39, 0.29) is 35.1 Å². The molecule has 4 rings (SSSR count). The third kappa shape index (κ3) is 3.99. The average Bonchev–Trinajstić information content (AvgIpc) is 3.39. The van der Waals surface area contributed by atoms with Crippen molar-refractivity contribution in [2.45, 2.75) is 50.1 Å². The summed E-state index contributed by atoms with van der Waals surface area (Å²) in [7, 11) is 0.